The van der Waals surface area contributed by atoms with Crippen molar-refractivity contribution < 1.29 is 28.8 Å². The summed E-state index contributed by atoms with van der Waals surface area (Å²) in [6.45, 7) is 9.74. The van der Waals surface area contributed by atoms with Gasteiger partial charge >= 0.3 is 0 Å². The van der Waals surface area contributed by atoms with Crippen molar-refractivity contribution in [2.24, 2.45) is 23.2 Å². The highest BCUT2D eigenvalue weighted by atomic mass is 16.2. The van der Waals surface area contributed by atoms with E-state index < -0.39 is 64.9 Å². The third kappa shape index (κ3) is 10.2. The summed E-state index contributed by atoms with van der Waals surface area (Å²) < 4.78 is 0. The van der Waals surface area contributed by atoms with E-state index in [-0.39, 0.29) is 36.0 Å². The first kappa shape index (κ1) is 39.1. The maximum atomic E-state index is 14.7. The van der Waals surface area contributed by atoms with Gasteiger partial charge in [-0.25, -0.2) is 4.98 Å². The van der Waals surface area contributed by atoms with Gasteiger partial charge in [0.15, 0.2) is 0 Å². The molecule has 52 heavy (non-hydrogen) atoms. The van der Waals surface area contributed by atoms with Gasteiger partial charge in [-0.05, 0) is 75.5 Å². The number of Topliss-reactive ketones (excluding diaryl/α,β-unsaturated/α-hetero) is 1. The molecule has 3 saturated carbocycles. The number of rotatable bonds is 14. The molecule has 1 aromatic heterocycles. The molecule has 0 spiro atoms. The molecular formula is C39H57N7O6. The number of aromatic nitrogens is 2. The minimum absolute atomic E-state index is 0.00636. The van der Waals surface area contributed by atoms with Crippen molar-refractivity contribution in [3.05, 3.63) is 35.9 Å². The van der Waals surface area contributed by atoms with Gasteiger partial charge in [-0.1, -0.05) is 70.9 Å². The number of hydrogen-bond acceptors (Lipinski definition) is 8. The third-order valence-electron chi connectivity index (χ3n) is 10.9. The summed E-state index contributed by atoms with van der Waals surface area (Å²) in [6, 6.07) is -3.82. The lowest BCUT2D eigenvalue weighted by Crippen LogP contribution is -2.62. The first-order valence-corrected chi connectivity index (χ1v) is 19.2. The lowest BCUT2D eigenvalue weighted by Gasteiger charge is -2.38. The van der Waals surface area contributed by atoms with Gasteiger partial charge in [0.2, 0.25) is 23.5 Å². The van der Waals surface area contributed by atoms with Gasteiger partial charge in [0.1, 0.15) is 23.8 Å². The number of hydrogen-bond donors (Lipinski definition) is 4. The van der Waals surface area contributed by atoms with E-state index in [9.17, 15) is 28.8 Å². The van der Waals surface area contributed by atoms with E-state index in [0.717, 1.165) is 69.8 Å². The minimum Gasteiger partial charge on any atom is -0.347 e. The molecule has 5 atom stereocenters. The Labute approximate surface area is 307 Å². The maximum Gasteiger partial charge on any atom is 0.289 e. The molecule has 4 aliphatic rings. The van der Waals surface area contributed by atoms with Crippen LogP contribution in [0.15, 0.2) is 30.2 Å². The SMILES string of the molecule is CC(C)=C[C@@H]1C[C@@H](C(=O)NC(CC2CCC2)C(=O)C(=O)NC2CC2)N(C(=O)[C@@H](NC(=O)[C@@H](NC(=O)c2cnccn2)C2CCCCC2)C(C)(C)C)C1. The van der Waals surface area contributed by atoms with Crippen LogP contribution in [0.1, 0.15) is 122 Å². The number of carbonyl (C=O) groups is 6. The van der Waals surface area contributed by atoms with Crippen molar-refractivity contribution in [1.82, 2.24) is 36.1 Å². The van der Waals surface area contributed by atoms with Crippen LogP contribution in [0.5, 0.6) is 0 Å². The van der Waals surface area contributed by atoms with Gasteiger partial charge in [0.25, 0.3) is 11.8 Å². The quantitative estimate of drug-likeness (QED) is 0.167. The highest BCUT2D eigenvalue weighted by molar-refractivity contribution is 6.38. The molecule has 0 radical (unpaired) electrons. The fourth-order valence-electron chi connectivity index (χ4n) is 7.70. The van der Waals surface area contributed by atoms with Crippen LogP contribution >= 0.6 is 0 Å². The van der Waals surface area contributed by atoms with Crippen LogP contribution in [0.4, 0.5) is 0 Å². The first-order chi connectivity index (χ1) is 24.7. The zero-order valence-corrected chi connectivity index (χ0v) is 31.4. The second-order valence-electron chi connectivity index (χ2n) is 16.7. The van der Waals surface area contributed by atoms with Gasteiger partial charge in [0.05, 0.1) is 12.2 Å². The minimum atomic E-state index is -1.03. The predicted octanol–water partition coefficient (Wildman–Crippen LogP) is 3.39. The van der Waals surface area contributed by atoms with Gasteiger partial charge in [-0.15, -0.1) is 0 Å². The Kier molecular flexibility index (Phi) is 12.9. The Morgan fingerprint density at radius 1 is 0.904 bits per heavy atom. The summed E-state index contributed by atoms with van der Waals surface area (Å²) in [4.78, 5) is 92.1. The largest absolute Gasteiger partial charge is 0.347 e. The fraction of sp³-hybridized carbons (Fsp3) is 0.692. The molecule has 284 valence electrons. The number of amides is 5. The summed E-state index contributed by atoms with van der Waals surface area (Å²) in [6.07, 6.45) is 16.0. The predicted molar refractivity (Wildman–Crippen MR) is 194 cm³/mol. The second-order valence-corrected chi connectivity index (χ2v) is 16.7. The smallest absolute Gasteiger partial charge is 0.289 e. The summed E-state index contributed by atoms with van der Waals surface area (Å²) >= 11 is 0. The molecule has 4 fully saturated rings. The lowest BCUT2D eigenvalue weighted by atomic mass is 9.80. The normalized spacial score (nSPS) is 22.6. The lowest BCUT2D eigenvalue weighted by molar-refractivity contribution is -0.145. The summed E-state index contributed by atoms with van der Waals surface area (Å²) in [7, 11) is 0. The Morgan fingerprint density at radius 2 is 1.62 bits per heavy atom. The molecule has 0 bridgehead atoms. The number of nitrogens with one attached hydrogen (secondary N) is 4. The summed E-state index contributed by atoms with van der Waals surface area (Å²) in [5.41, 5.74) is 0.371. The van der Waals surface area contributed by atoms with Gasteiger partial charge < -0.3 is 26.2 Å². The van der Waals surface area contributed by atoms with Crippen molar-refractivity contribution in [1.29, 1.82) is 0 Å². The molecule has 3 aliphatic carbocycles. The van der Waals surface area contributed by atoms with Crippen molar-refractivity contribution >= 4 is 35.3 Å². The van der Waals surface area contributed by atoms with Gasteiger partial charge in [-0.3, -0.25) is 33.8 Å². The molecule has 13 nitrogen and oxygen atoms in total. The number of likely N-dealkylation sites (tertiary alicyclic amines) is 1. The van der Waals surface area contributed by atoms with Crippen LogP contribution in [0.3, 0.4) is 0 Å². The zero-order chi connectivity index (χ0) is 37.6. The number of allylic oxidation sites excluding steroid dienone is 1. The maximum absolute atomic E-state index is 14.7. The zero-order valence-electron chi connectivity index (χ0n) is 31.4. The van der Waals surface area contributed by atoms with E-state index in [1.54, 1.807) is 0 Å². The van der Waals surface area contributed by atoms with E-state index in [1.807, 2.05) is 40.7 Å². The Balaban J connectivity index is 1.37. The number of ketones is 1. The Morgan fingerprint density at radius 3 is 2.19 bits per heavy atom. The molecule has 4 N–H and O–H groups in total. The van der Waals surface area contributed by atoms with E-state index in [0.29, 0.717) is 12.8 Å². The van der Waals surface area contributed by atoms with Crippen LogP contribution in [-0.4, -0.2) is 86.9 Å². The average Bonchev–Trinajstić information content (AvgIpc) is 3.81. The van der Waals surface area contributed by atoms with Gasteiger partial charge in [0, 0.05) is 25.0 Å². The monoisotopic (exact) mass is 719 g/mol. The summed E-state index contributed by atoms with van der Waals surface area (Å²) in [5, 5.41) is 11.6. The Bertz CT molecular complexity index is 1510. The highest BCUT2D eigenvalue weighted by Gasteiger charge is 2.46. The van der Waals surface area contributed by atoms with E-state index in [4.69, 9.17) is 0 Å². The summed E-state index contributed by atoms with van der Waals surface area (Å²) in [5.74, 6) is -3.21. The topological polar surface area (TPSA) is 180 Å². The van der Waals surface area contributed by atoms with Crippen molar-refractivity contribution in [2.75, 3.05) is 6.54 Å². The molecule has 1 unspecified atom stereocenters. The van der Waals surface area contributed by atoms with Crippen LogP contribution in [0, 0.1) is 23.2 Å². The van der Waals surface area contributed by atoms with Crippen molar-refractivity contribution in [3.63, 3.8) is 0 Å². The van der Waals surface area contributed by atoms with Gasteiger partial charge in [-0.2, -0.15) is 0 Å². The second kappa shape index (κ2) is 17.1. The molecule has 5 amide bonds. The average molecular weight is 720 g/mol. The number of nitrogens with zero attached hydrogens (tertiary/aromatic N) is 3. The molecule has 1 saturated heterocycles. The third-order valence-corrected chi connectivity index (χ3v) is 10.9. The van der Waals surface area contributed by atoms with E-state index >= 15 is 0 Å². The molecule has 5 rings (SSSR count). The van der Waals surface area contributed by atoms with Crippen LogP contribution in [-0.2, 0) is 24.0 Å². The standard InChI is InChI=1S/C39H57N7O6/c1-23(2)18-25-20-30(35(49)43-28(19-24-10-9-11-24)32(47)37(51)42-27-14-15-27)46(22-25)38(52)33(39(3,4)5)45-36(50)31(26-12-7-6-8-13-26)44-34(48)29-21-40-16-17-41-29/h16-18,21,24-28,30-31,33H,6-15,19-20,22H2,1-5H3,(H,42,51)(H,43,49)(H,44,48)(H,45,50)/t25-,28?,30+,31+,33-/m1/s1. The van der Waals surface area contributed by atoms with Crippen LogP contribution in [0.2, 0.25) is 0 Å². The van der Waals surface area contributed by atoms with Crippen LogP contribution < -0.4 is 21.3 Å². The molecule has 1 aliphatic heterocycles. The Hall–Kier alpha value is -4.16. The van der Waals surface area contributed by atoms with Crippen molar-refractivity contribution in [3.8, 4) is 0 Å². The molecule has 0 aromatic carbocycles. The first-order valence-electron chi connectivity index (χ1n) is 19.2. The number of carbonyl (C=O) groups excluding carboxylic acids is 6. The fourth-order valence-corrected chi connectivity index (χ4v) is 7.70. The van der Waals surface area contributed by atoms with E-state index in [2.05, 4.69) is 31.2 Å². The van der Waals surface area contributed by atoms with Crippen LogP contribution in [0.25, 0.3) is 0 Å². The molecule has 2 heterocycles. The molecular weight excluding hydrogens is 662 g/mol. The van der Waals surface area contributed by atoms with E-state index in [1.165, 1.54) is 23.5 Å². The highest BCUT2D eigenvalue weighted by Crippen LogP contribution is 2.33. The molecule has 13 heteroatoms. The molecule has 1 aromatic rings. The van der Waals surface area contributed by atoms with Crippen molar-refractivity contribution in [2.45, 2.75) is 142 Å².